The highest BCUT2D eigenvalue weighted by Crippen LogP contribution is 2.47. The predicted molar refractivity (Wildman–Crippen MR) is 368 cm³/mol. The van der Waals surface area contributed by atoms with Gasteiger partial charge in [-0.25, -0.2) is 9.97 Å². The number of anilines is 6. The molecule has 2 aliphatic heterocycles. The lowest BCUT2D eigenvalue weighted by atomic mass is 9.33. The van der Waals surface area contributed by atoms with Gasteiger partial charge in [-0.1, -0.05) is 237 Å². The third-order valence-electron chi connectivity index (χ3n) is 17.8. The highest BCUT2D eigenvalue weighted by Gasteiger charge is 2.43. The standard InChI is InChI=1S/C82H54BN5/c1-7-23-55(24-8-1)61-43-46-75-68(49-61)69-50-62(56-25-9-2-10-26-56)44-47-76(69)88(75)74-48-45-63(73-54-72(59-27-11-3-12-28-59)84-82(85-73)60-29-13-4-14-30-60)51-67(74)58-41-39-57(40-42-58)64-52-79-81-80(53-64)87(66-33-17-6-18-34-66)78-38-22-20-36-71(78)83(81)70-35-19-21-37-77(70)86(79)65-31-15-5-16-32-65/h1-54H. The molecule has 410 valence electrons. The predicted octanol–water partition coefficient (Wildman–Crippen LogP) is 19.3. The summed E-state index contributed by atoms with van der Waals surface area (Å²) in [4.78, 5) is 15.5. The van der Waals surface area contributed by atoms with Gasteiger partial charge in [0.1, 0.15) is 0 Å². The second-order valence-corrected chi connectivity index (χ2v) is 22.9. The number of hydrogen-bond acceptors (Lipinski definition) is 4. The number of aromatic nitrogens is 3. The van der Waals surface area contributed by atoms with Crippen molar-refractivity contribution in [2.24, 2.45) is 0 Å². The molecule has 0 unspecified atom stereocenters. The Hall–Kier alpha value is -11.6. The Balaban J connectivity index is 0.886. The summed E-state index contributed by atoms with van der Waals surface area (Å²) in [6, 6.07) is 119. The zero-order valence-electron chi connectivity index (χ0n) is 48.0. The van der Waals surface area contributed by atoms with Crippen LogP contribution in [0.4, 0.5) is 34.1 Å². The van der Waals surface area contributed by atoms with Crippen LogP contribution in [0, 0.1) is 0 Å². The minimum Gasteiger partial charge on any atom is -0.311 e. The highest BCUT2D eigenvalue weighted by molar-refractivity contribution is 7.00. The van der Waals surface area contributed by atoms with E-state index in [0.717, 1.165) is 78.4 Å². The van der Waals surface area contributed by atoms with Crippen molar-refractivity contribution in [2.45, 2.75) is 0 Å². The maximum absolute atomic E-state index is 5.38. The maximum Gasteiger partial charge on any atom is 0.252 e. The van der Waals surface area contributed by atoms with Gasteiger partial charge in [0.15, 0.2) is 5.82 Å². The van der Waals surface area contributed by atoms with Crippen LogP contribution in [-0.2, 0) is 0 Å². The van der Waals surface area contributed by atoms with E-state index >= 15 is 0 Å². The topological polar surface area (TPSA) is 37.2 Å². The molecule has 0 spiro atoms. The third-order valence-corrected chi connectivity index (χ3v) is 17.8. The monoisotopic (exact) mass is 1120 g/mol. The normalized spacial score (nSPS) is 12.2. The van der Waals surface area contributed by atoms with Crippen LogP contribution < -0.4 is 26.2 Å². The summed E-state index contributed by atoms with van der Waals surface area (Å²) in [5.41, 5.74) is 28.0. The van der Waals surface area contributed by atoms with E-state index in [1.54, 1.807) is 0 Å². The van der Waals surface area contributed by atoms with Gasteiger partial charge >= 0.3 is 0 Å². The molecule has 0 radical (unpaired) electrons. The van der Waals surface area contributed by atoms with Gasteiger partial charge in [-0.3, -0.25) is 0 Å². The van der Waals surface area contributed by atoms with Crippen LogP contribution in [-0.4, -0.2) is 21.2 Å². The summed E-state index contributed by atoms with van der Waals surface area (Å²) in [5, 5.41) is 2.38. The molecule has 88 heavy (non-hydrogen) atoms. The quantitative estimate of drug-likeness (QED) is 0.128. The Morgan fingerprint density at radius 1 is 0.250 bits per heavy atom. The summed E-state index contributed by atoms with van der Waals surface area (Å²) in [6.45, 7) is 0.0255. The summed E-state index contributed by atoms with van der Waals surface area (Å²) in [5.74, 6) is 0.678. The van der Waals surface area contributed by atoms with E-state index in [0.29, 0.717) is 5.82 Å². The minimum absolute atomic E-state index is 0.0255. The number of hydrogen-bond donors (Lipinski definition) is 0. The Kier molecular flexibility index (Phi) is 12.2. The van der Waals surface area contributed by atoms with Gasteiger partial charge in [0, 0.05) is 67.2 Å². The zero-order valence-corrected chi connectivity index (χ0v) is 48.0. The van der Waals surface area contributed by atoms with Gasteiger partial charge in [-0.15, -0.1) is 0 Å². The van der Waals surface area contributed by atoms with E-state index in [1.807, 2.05) is 12.1 Å². The number of fused-ring (bicyclic) bond motifs is 7. The van der Waals surface area contributed by atoms with Crippen molar-refractivity contribution in [2.75, 3.05) is 9.80 Å². The van der Waals surface area contributed by atoms with Gasteiger partial charge in [0.05, 0.1) is 28.1 Å². The number of para-hydroxylation sites is 4. The van der Waals surface area contributed by atoms with Crippen molar-refractivity contribution in [1.82, 2.24) is 14.5 Å². The smallest absolute Gasteiger partial charge is 0.252 e. The number of benzene rings is 13. The number of rotatable bonds is 10. The van der Waals surface area contributed by atoms with Gasteiger partial charge in [0.25, 0.3) is 6.71 Å². The summed E-state index contributed by atoms with van der Waals surface area (Å²) in [6.07, 6.45) is 0. The fourth-order valence-corrected chi connectivity index (χ4v) is 13.7. The molecule has 6 heteroatoms. The average Bonchev–Trinajstić information content (AvgIpc) is 1.16. The first-order chi connectivity index (χ1) is 43.6. The van der Waals surface area contributed by atoms with Crippen molar-refractivity contribution in [3.63, 3.8) is 0 Å². The van der Waals surface area contributed by atoms with Gasteiger partial charge in [0.2, 0.25) is 0 Å². The second kappa shape index (κ2) is 21.2. The van der Waals surface area contributed by atoms with Gasteiger partial charge in [-0.05, 0) is 146 Å². The molecule has 0 saturated heterocycles. The van der Waals surface area contributed by atoms with Crippen molar-refractivity contribution >= 4 is 79.0 Å². The fourth-order valence-electron chi connectivity index (χ4n) is 13.7. The lowest BCUT2D eigenvalue weighted by Crippen LogP contribution is -2.61. The lowest BCUT2D eigenvalue weighted by molar-refractivity contribution is 1.17. The van der Waals surface area contributed by atoms with E-state index < -0.39 is 0 Å². The largest absolute Gasteiger partial charge is 0.311 e. The van der Waals surface area contributed by atoms with Gasteiger partial charge < -0.3 is 14.4 Å². The van der Waals surface area contributed by atoms with Crippen LogP contribution in [0.2, 0.25) is 0 Å². The third kappa shape index (κ3) is 8.64. The SMILES string of the molecule is c1ccc(-c2ccc3c(c2)c2cc(-c4ccccc4)ccc2n3-c2ccc(-c3cc(-c4ccccc4)nc(-c4ccccc4)n3)cc2-c2ccc(-c3cc4c5c(c3)N(c3ccccc3)c3ccccc3B5c3ccccc3N4c3ccccc3)cc2)cc1. The van der Waals surface area contributed by atoms with Crippen LogP contribution in [0.25, 0.3) is 106 Å². The van der Waals surface area contributed by atoms with E-state index in [9.17, 15) is 0 Å². The van der Waals surface area contributed by atoms with Crippen LogP contribution in [0.5, 0.6) is 0 Å². The Labute approximate surface area is 512 Å². The highest BCUT2D eigenvalue weighted by atomic mass is 15.2. The first-order valence-electron chi connectivity index (χ1n) is 30.2. The number of nitrogens with zero attached hydrogens (tertiary/aromatic N) is 5. The van der Waals surface area contributed by atoms with Crippen molar-refractivity contribution in [1.29, 1.82) is 0 Å². The van der Waals surface area contributed by atoms with E-state index in [2.05, 4.69) is 330 Å². The molecule has 4 heterocycles. The minimum atomic E-state index is 0.0255. The molecular formula is C82H54BN5. The first kappa shape index (κ1) is 50.9. The molecule has 13 aromatic carbocycles. The van der Waals surface area contributed by atoms with Crippen LogP contribution in [0.15, 0.2) is 328 Å². The molecular weight excluding hydrogens is 1070 g/mol. The van der Waals surface area contributed by atoms with Crippen LogP contribution in [0.1, 0.15) is 0 Å². The van der Waals surface area contributed by atoms with Crippen molar-refractivity contribution in [3.05, 3.63) is 328 Å². The molecule has 2 aliphatic rings. The summed E-state index contributed by atoms with van der Waals surface area (Å²) in [7, 11) is 0. The van der Waals surface area contributed by atoms with E-state index in [-0.39, 0.29) is 6.71 Å². The molecule has 0 fully saturated rings. The fraction of sp³-hybridized carbons (Fsp3) is 0. The average molecular weight is 1120 g/mol. The molecule has 0 amide bonds. The lowest BCUT2D eigenvalue weighted by Gasteiger charge is -2.44. The van der Waals surface area contributed by atoms with Crippen molar-refractivity contribution in [3.8, 4) is 84.1 Å². The summed E-state index contributed by atoms with van der Waals surface area (Å²) < 4.78 is 2.47. The Morgan fingerprint density at radius 2 is 0.648 bits per heavy atom. The molecule has 0 saturated carbocycles. The zero-order chi connectivity index (χ0) is 58.1. The first-order valence-corrected chi connectivity index (χ1v) is 30.2. The maximum atomic E-state index is 5.38. The van der Waals surface area contributed by atoms with Gasteiger partial charge in [-0.2, -0.15) is 0 Å². The molecule has 0 bridgehead atoms. The van der Waals surface area contributed by atoms with Crippen LogP contribution >= 0.6 is 0 Å². The molecule has 2 aromatic heterocycles. The molecule has 15 aromatic rings. The van der Waals surface area contributed by atoms with Crippen molar-refractivity contribution < 1.29 is 0 Å². The molecule has 5 nitrogen and oxygen atoms in total. The Bertz CT molecular complexity index is 4860. The Morgan fingerprint density at radius 3 is 1.16 bits per heavy atom. The molecule has 17 rings (SSSR count). The molecule has 0 aliphatic carbocycles. The van der Waals surface area contributed by atoms with E-state index in [1.165, 1.54) is 72.2 Å². The van der Waals surface area contributed by atoms with Crippen LogP contribution in [0.3, 0.4) is 0 Å². The summed E-state index contributed by atoms with van der Waals surface area (Å²) >= 11 is 0. The van der Waals surface area contributed by atoms with E-state index in [4.69, 9.17) is 9.97 Å². The second-order valence-electron chi connectivity index (χ2n) is 22.9. The molecule has 0 N–H and O–H groups in total. The molecule has 0 atom stereocenters.